The van der Waals surface area contributed by atoms with Crippen molar-refractivity contribution in [1.29, 1.82) is 0 Å². The summed E-state index contributed by atoms with van der Waals surface area (Å²) < 4.78 is 29.7. The van der Waals surface area contributed by atoms with Crippen LogP contribution in [-0.2, 0) is 16.6 Å². The molecule has 0 spiro atoms. The molecule has 0 saturated heterocycles. The van der Waals surface area contributed by atoms with E-state index in [-0.39, 0.29) is 0 Å². The molecule has 7 nitrogen and oxygen atoms in total. The Hall–Kier alpha value is -1.80. The fraction of sp³-hybridized carbons (Fsp3) is 0.588. The molecule has 0 heterocycles. The van der Waals surface area contributed by atoms with Crippen LogP contribution in [0.15, 0.2) is 29.3 Å². The summed E-state index contributed by atoms with van der Waals surface area (Å²) >= 11 is 0. The van der Waals surface area contributed by atoms with Gasteiger partial charge >= 0.3 is 0 Å². The van der Waals surface area contributed by atoms with Gasteiger partial charge in [0.15, 0.2) is 5.96 Å². The fourth-order valence-electron chi connectivity index (χ4n) is 2.26. The van der Waals surface area contributed by atoms with Crippen molar-refractivity contribution < 1.29 is 13.2 Å². The molecular weight excluding hydrogens is 340 g/mol. The van der Waals surface area contributed by atoms with Gasteiger partial charge in [0, 0.05) is 26.2 Å². The van der Waals surface area contributed by atoms with E-state index in [2.05, 4.69) is 15.6 Å². The lowest BCUT2D eigenvalue weighted by Gasteiger charge is -2.18. The van der Waals surface area contributed by atoms with Gasteiger partial charge in [-0.15, -0.1) is 0 Å². The summed E-state index contributed by atoms with van der Waals surface area (Å²) in [5.74, 6) is 1.55. The molecule has 0 aromatic heterocycles. The fourth-order valence-corrected chi connectivity index (χ4v) is 3.19. The summed E-state index contributed by atoms with van der Waals surface area (Å²) in [6.07, 6.45) is 1.96. The number of hydrogen-bond acceptors (Lipinski definition) is 4. The molecule has 2 N–H and O–H groups in total. The van der Waals surface area contributed by atoms with Gasteiger partial charge in [-0.1, -0.05) is 19.1 Å². The molecule has 0 amide bonds. The SMILES string of the molecule is CCNC(=NCc1ccc(OC)cc1)NCCCN(CC)S(C)(=O)=O. The van der Waals surface area contributed by atoms with Crippen LogP contribution in [0, 0.1) is 0 Å². The van der Waals surface area contributed by atoms with Crippen LogP contribution in [0.1, 0.15) is 25.8 Å². The number of nitrogens with one attached hydrogen (secondary N) is 2. The Bertz CT molecular complexity index is 630. The number of ether oxygens (including phenoxy) is 1. The monoisotopic (exact) mass is 370 g/mol. The number of guanidine groups is 1. The van der Waals surface area contributed by atoms with Crippen molar-refractivity contribution in [2.45, 2.75) is 26.8 Å². The highest BCUT2D eigenvalue weighted by Crippen LogP contribution is 2.11. The third-order valence-electron chi connectivity index (χ3n) is 3.62. The molecule has 0 aliphatic heterocycles. The first-order valence-corrected chi connectivity index (χ1v) is 10.4. The van der Waals surface area contributed by atoms with Crippen LogP contribution < -0.4 is 15.4 Å². The number of methoxy groups -OCH3 is 1. The zero-order valence-electron chi connectivity index (χ0n) is 15.6. The zero-order valence-corrected chi connectivity index (χ0v) is 16.4. The first-order valence-electron chi connectivity index (χ1n) is 8.51. The van der Waals surface area contributed by atoms with Gasteiger partial charge < -0.3 is 15.4 Å². The molecule has 142 valence electrons. The molecule has 1 aromatic carbocycles. The second-order valence-electron chi connectivity index (χ2n) is 5.58. The minimum absolute atomic E-state index is 0.491. The molecule has 0 unspecified atom stereocenters. The molecule has 0 fully saturated rings. The summed E-state index contributed by atoms with van der Waals surface area (Å²) in [5, 5.41) is 6.43. The van der Waals surface area contributed by atoms with Crippen molar-refractivity contribution in [1.82, 2.24) is 14.9 Å². The maximum Gasteiger partial charge on any atom is 0.211 e. The lowest BCUT2D eigenvalue weighted by molar-refractivity contribution is 0.414. The van der Waals surface area contributed by atoms with Crippen molar-refractivity contribution >= 4 is 16.0 Å². The van der Waals surface area contributed by atoms with E-state index >= 15 is 0 Å². The van der Waals surface area contributed by atoms with Crippen LogP contribution in [0.4, 0.5) is 0 Å². The van der Waals surface area contributed by atoms with E-state index in [9.17, 15) is 8.42 Å². The van der Waals surface area contributed by atoms with Gasteiger partial charge in [0.25, 0.3) is 0 Å². The van der Waals surface area contributed by atoms with E-state index in [1.54, 1.807) is 7.11 Å². The lowest BCUT2D eigenvalue weighted by Crippen LogP contribution is -2.39. The van der Waals surface area contributed by atoms with Gasteiger partial charge in [0.1, 0.15) is 5.75 Å². The van der Waals surface area contributed by atoms with E-state index in [1.165, 1.54) is 10.6 Å². The third kappa shape index (κ3) is 8.22. The molecule has 1 rings (SSSR count). The first-order chi connectivity index (χ1) is 11.9. The van der Waals surface area contributed by atoms with Crippen molar-refractivity contribution in [2.24, 2.45) is 4.99 Å². The molecule has 0 aliphatic carbocycles. The zero-order chi connectivity index (χ0) is 18.7. The highest BCUT2D eigenvalue weighted by Gasteiger charge is 2.13. The van der Waals surface area contributed by atoms with Gasteiger partial charge in [0.2, 0.25) is 10.0 Å². The number of rotatable bonds is 10. The number of nitrogens with zero attached hydrogens (tertiary/aromatic N) is 2. The van der Waals surface area contributed by atoms with E-state index < -0.39 is 10.0 Å². The molecule has 8 heteroatoms. The molecular formula is C17H30N4O3S. The van der Waals surface area contributed by atoms with Crippen LogP contribution in [0.2, 0.25) is 0 Å². The maximum atomic E-state index is 11.6. The van der Waals surface area contributed by atoms with Crippen LogP contribution in [0.25, 0.3) is 0 Å². The Labute approximate surface area is 151 Å². The largest absolute Gasteiger partial charge is 0.497 e. The average Bonchev–Trinajstić information content (AvgIpc) is 2.58. The first kappa shape index (κ1) is 21.2. The Balaban J connectivity index is 2.49. The predicted molar refractivity (Wildman–Crippen MR) is 103 cm³/mol. The quantitative estimate of drug-likeness (QED) is 0.370. The summed E-state index contributed by atoms with van der Waals surface area (Å²) in [5.41, 5.74) is 1.09. The summed E-state index contributed by atoms with van der Waals surface area (Å²) in [6, 6.07) is 7.79. The summed E-state index contributed by atoms with van der Waals surface area (Å²) in [7, 11) is -1.49. The normalized spacial score (nSPS) is 12.3. The van der Waals surface area contributed by atoms with E-state index in [1.807, 2.05) is 38.1 Å². The molecule has 0 bridgehead atoms. The van der Waals surface area contributed by atoms with Gasteiger partial charge in [-0.05, 0) is 31.0 Å². The number of aliphatic imine (C=N–C) groups is 1. The Morgan fingerprint density at radius 1 is 1.20 bits per heavy atom. The maximum absolute atomic E-state index is 11.6. The standard InChI is InChI=1S/C17H30N4O3S/c1-5-18-17(19-12-7-13-21(6-2)25(4,22)23)20-14-15-8-10-16(24-3)11-9-15/h8-11H,5-7,12-14H2,1-4H3,(H2,18,19,20). The Morgan fingerprint density at radius 3 is 2.40 bits per heavy atom. The predicted octanol–water partition coefficient (Wildman–Crippen LogP) is 1.42. The minimum Gasteiger partial charge on any atom is -0.497 e. The number of hydrogen-bond donors (Lipinski definition) is 2. The summed E-state index contributed by atoms with van der Waals surface area (Å²) in [4.78, 5) is 4.55. The Kier molecular flexibility index (Phi) is 9.30. The highest BCUT2D eigenvalue weighted by molar-refractivity contribution is 7.88. The highest BCUT2D eigenvalue weighted by atomic mass is 32.2. The van der Waals surface area contributed by atoms with Crippen molar-refractivity contribution in [3.8, 4) is 5.75 Å². The number of sulfonamides is 1. The van der Waals surface area contributed by atoms with Crippen LogP contribution >= 0.6 is 0 Å². The van der Waals surface area contributed by atoms with Gasteiger partial charge in [-0.25, -0.2) is 17.7 Å². The van der Waals surface area contributed by atoms with E-state index in [4.69, 9.17) is 4.74 Å². The smallest absolute Gasteiger partial charge is 0.211 e. The molecule has 0 aliphatic rings. The van der Waals surface area contributed by atoms with Crippen LogP contribution in [0.5, 0.6) is 5.75 Å². The van der Waals surface area contributed by atoms with Crippen LogP contribution in [0.3, 0.4) is 0 Å². The second-order valence-corrected chi connectivity index (χ2v) is 7.56. The summed E-state index contributed by atoms with van der Waals surface area (Å²) in [6.45, 7) is 6.82. The third-order valence-corrected chi connectivity index (χ3v) is 5.00. The van der Waals surface area contributed by atoms with Gasteiger partial charge in [-0.2, -0.15) is 0 Å². The van der Waals surface area contributed by atoms with Crippen molar-refractivity contribution in [3.63, 3.8) is 0 Å². The molecule has 1 aromatic rings. The molecule has 0 saturated carbocycles. The topological polar surface area (TPSA) is 83.0 Å². The van der Waals surface area contributed by atoms with Crippen molar-refractivity contribution in [2.75, 3.05) is 39.5 Å². The Morgan fingerprint density at radius 2 is 1.88 bits per heavy atom. The van der Waals surface area contributed by atoms with E-state index in [0.29, 0.717) is 32.6 Å². The molecule has 0 radical (unpaired) electrons. The minimum atomic E-state index is -3.13. The lowest BCUT2D eigenvalue weighted by atomic mass is 10.2. The van der Waals surface area contributed by atoms with Crippen molar-refractivity contribution in [3.05, 3.63) is 29.8 Å². The second kappa shape index (κ2) is 10.9. The van der Waals surface area contributed by atoms with E-state index in [0.717, 1.165) is 23.8 Å². The van der Waals surface area contributed by atoms with Crippen LogP contribution in [-0.4, -0.2) is 58.2 Å². The van der Waals surface area contributed by atoms with Gasteiger partial charge in [-0.3, -0.25) is 0 Å². The van der Waals surface area contributed by atoms with Gasteiger partial charge in [0.05, 0.1) is 19.9 Å². The number of benzene rings is 1. The molecule has 25 heavy (non-hydrogen) atoms. The molecule has 0 atom stereocenters. The average molecular weight is 371 g/mol.